The van der Waals surface area contributed by atoms with Crippen LogP contribution in [0.2, 0.25) is 5.02 Å². The first-order valence-electron chi connectivity index (χ1n) is 6.34. The van der Waals surface area contributed by atoms with E-state index in [1.807, 2.05) is 12.1 Å². The molecule has 0 aromatic heterocycles. The zero-order valence-corrected chi connectivity index (χ0v) is 11.2. The van der Waals surface area contributed by atoms with Gasteiger partial charge < -0.3 is 5.73 Å². The Labute approximate surface area is 113 Å². The quantitative estimate of drug-likeness (QED) is 0.911. The maximum absolute atomic E-state index is 8.80. The van der Waals surface area contributed by atoms with E-state index >= 15 is 0 Å². The molecule has 0 saturated carbocycles. The van der Waals surface area contributed by atoms with E-state index in [1.54, 1.807) is 6.07 Å². The van der Waals surface area contributed by atoms with Crippen molar-refractivity contribution in [1.29, 1.82) is 5.26 Å². The lowest BCUT2D eigenvalue weighted by Gasteiger charge is -2.31. The minimum absolute atomic E-state index is 0.616. The minimum atomic E-state index is 0.616. The molecule has 0 spiro atoms. The molecule has 1 heterocycles. The number of nitrogens with zero attached hydrogens (tertiary/aromatic N) is 2. The van der Waals surface area contributed by atoms with Crippen LogP contribution < -0.4 is 5.73 Å². The number of nitriles is 1. The van der Waals surface area contributed by atoms with Crippen molar-refractivity contribution < 1.29 is 0 Å². The summed E-state index contributed by atoms with van der Waals surface area (Å²) in [6.45, 7) is 3.82. The van der Waals surface area contributed by atoms with Crippen LogP contribution in [-0.4, -0.2) is 24.5 Å². The van der Waals surface area contributed by atoms with Gasteiger partial charge >= 0.3 is 0 Å². The molecule has 2 rings (SSSR count). The van der Waals surface area contributed by atoms with Crippen LogP contribution in [0, 0.1) is 17.2 Å². The highest BCUT2D eigenvalue weighted by atomic mass is 35.5. The number of benzene rings is 1. The van der Waals surface area contributed by atoms with Gasteiger partial charge in [0.15, 0.2) is 0 Å². The first kappa shape index (κ1) is 13.4. The van der Waals surface area contributed by atoms with Crippen molar-refractivity contribution in [2.24, 2.45) is 11.7 Å². The number of halogens is 1. The molecule has 1 aliphatic rings. The SMILES string of the molecule is N#Cc1ccc(CN2CCC(CN)CC2)c(Cl)c1. The van der Waals surface area contributed by atoms with Gasteiger partial charge in [0.2, 0.25) is 0 Å². The Hall–Kier alpha value is -1.08. The normalized spacial score (nSPS) is 17.6. The third kappa shape index (κ3) is 3.23. The van der Waals surface area contributed by atoms with E-state index in [0.29, 0.717) is 16.5 Å². The first-order valence-corrected chi connectivity index (χ1v) is 6.71. The van der Waals surface area contributed by atoms with Crippen LogP contribution in [0.4, 0.5) is 0 Å². The van der Waals surface area contributed by atoms with Gasteiger partial charge in [-0.1, -0.05) is 17.7 Å². The van der Waals surface area contributed by atoms with Gasteiger partial charge in [-0.2, -0.15) is 5.26 Å². The summed E-state index contributed by atoms with van der Waals surface area (Å²) in [5.41, 5.74) is 7.40. The Morgan fingerprint density at radius 2 is 2.11 bits per heavy atom. The molecular weight excluding hydrogens is 246 g/mol. The van der Waals surface area contributed by atoms with Crippen LogP contribution in [0.5, 0.6) is 0 Å². The van der Waals surface area contributed by atoms with Crippen LogP contribution in [0.1, 0.15) is 24.0 Å². The third-order valence-electron chi connectivity index (χ3n) is 3.62. The predicted molar refractivity (Wildman–Crippen MR) is 73.2 cm³/mol. The molecule has 1 fully saturated rings. The number of hydrogen-bond donors (Lipinski definition) is 1. The van der Waals surface area contributed by atoms with Gasteiger partial charge in [0.25, 0.3) is 0 Å². The fraction of sp³-hybridized carbons (Fsp3) is 0.500. The summed E-state index contributed by atoms with van der Waals surface area (Å²) in [6.07, 6.45) is 2.34. The number of piperidine rings is 1. The highest BCUT2D eigenvalue weighted by Crippen LogP contribution is 2.22. The number of hydrogen-bond acceptors (Lipinski definition) is 3. The van der Waals surface area contributed by atoms with Gasteiger partial charge in [-0.05, 0) is 56.1 Å². The highest BCUT2D eigenvalue weighted by Gasteiger charge is 2.18. The molecule has 3 nitrogen and oxygen atoms in total. The highest BCUT2D eigenvalue weighted by molar-refractivity contribution is 6.31. The number of likely N-dealkylation sites (tertiary alicyclic amines) is 1. The molecule has 0 bridgehead atoms. The molecule has 1 saturated heterocycles. The summed E-state index contributed by atoms with van der Waals surface area (Å²) in [5, 5.41) is 9.49. The fourth-order valence-corrected chi connectivity index (χ4v) is 2.61. The monoisotopic (exact) mass is 263 g/mol. The average Bonchev–Trinajstić information content (AvgIpc) is 2.42. The van der Waals surface area contributed by atoms with Crippen molar-refractivity contribution in [3.05, 3.63) is 34.3 Å². The Balaban J connectivity index is 1.96. The summed E-state index contributed by atoms with van der Waals surface area (Å²) in [7, 11) is 0. The summed E-state index contributed by atoms with van der Waals surface area (Å²) < 4.78 is 0. The number of rotatable bonds is 3. The van der Waals surface area contributed by atoms with Gasteiger partial charge in [0.1, 0.15) is 0 Å². The van der Waals surface area contributed by atoms with Crippen LogP contribution in [0.3, 0.4) is 0 Å². The van der Waals surface area contributed by atoms with E-state index in [-0.39, 0.29) is 0 Å². The Kier molecular flexibility index (Phi) is 4.60. The second kappa shape index (κ2) is 6.19. The topological polar surface area (TPSA) is 53.0 Å². The summed E-state index contributed by atoms with van der Waals surface area (Å²) in [5.74, 6) is 0.678. The molecule has 1 aromatic rings. The van der Waals surface area contributed by atoms with E-state index in [2.05, 4.69) is 11.0 Å². The van der Waals surface area contributed by atoms with Crippen LogP contribution in [0.25, 0.3) is 0 Å². The zero-order chi connectivity index (χ0) is 13.0. The summed E-state index contributed by atoms with van der Waals surface area (Å²) in [6, 6.07) is 7.62. The first-order chi connectivity index (χ1) is 8.72. The van der Waals surface area contributed by atoms with Gasteiger partial charge in [-0.3, -0.25) is 4.90 Å². The lowest BCUT2D eigenvalue weighted by atomic mass is 9.97. The van der Waals surface area contributed by atoms with Gasteiger partial charge in [0, 0.05) is 11.6 Å². The molecule has 0 amide bonds. The van der Waals surface area contributed by atoms with E-state index < -0.39 is 0 Å². The lowest BCUT2D eigenvalue weighted by Crippen LogP contribution is -2.35. The summed E-state index contributed by atoms with van der Waals surface area (Å²) in [4.78, 5) is 2.40. The zero-order valence-electron chi connectivity index (χ0n) is 10.4. The average molecular weight is 264 g/mol. The molecule has 1 aromatic carbocycles. The molecule has 4 heteroatoms. The second-order valence-corrected chi connectivity index (χ2v) is 5.28. The van der Waals surface area contributed by atoms with Crippen LogP contribution >= 0.6 is 11.6 Å². The molecular formula is C14H18ClN3. The van der Waals surface area contributed by atoms with E-state index in [0.717, 1.165) is 31.7 Å². The van der Waals surface area contributed by atoms with Crippen molar-refractivity contribution >= 4 is 11.6 Å². The van der Waals surface area contributed by atoms with Crippen molar-refractivity contribution in [2.75, 3.05) is 19.6 Å². The van der Waals surface area contributed by atoms with Crippen molar-refractivity contribution in [3.63, 3.8) is 0 Å². The van der Waals surface area contributed by atoms with Crippen molar-refractivity contribution in [2.45, 2.75) is 19.4 Å². The molecule has 18 heavy (non-hydrogen) atoms. The van der Waals surface area contributed by atoms with Crippen molar-refractivity contribution in [3.8, 4) is 6.07 Å². The smallest absolute Gasteiger partial charge is 0.0992 e. The molecule has 0 atom stereocenters. The van der Waals surface area contributed by atoms with Gasteiger partial charge in [-0.15, -0.1) is 0 Å². The van der Waals surface area contributed by atoms with Gasteiger partial charge in [-0.25, -0.2) is 0 Å². The van der Waals surface area contributed by atoms with E-state index in [9.17, 15) is 0 Å². The maximum atomic E-state index is 8.80. The molecule has 96 valence electrons. The fourth-order valence-electron chi connectivity index (χ4n) is 2.37. The standard InChI is InChI=1S/C14H18ClN3/c15-14-7-12(9-17)1-2-13(14)10-18-5-3-11(8-16)4-6-18/h1-2,7,11H,3-6,8,10,16H2. The molecule has 0 unspecified atom stereocenters. The molecule has 0 radical (unpaired) electrons. The lowest BCUT2D eigenvalue weighted by molar-refractivity contribution is 0.180. The second-order valence-electron chi connectivity index (χ2n) is 4.87. The molecule has 0 aliphatic carbocycles. The van der Waals surface area contributed by atoms with E-state index in [4.69, 9.17) is 22.6 Å². The van der Waals surface area contributed by atoms with E-state index in [1.165, 1.54) is 12.8 Å². The molecule has 1 aliphatic heterocycles. The van der Waals surface area contributed by atoms with Crippen molar-refractivity contribution in [1.82, 2.24) is 4.90 Å². The summed E-state index contributed by atoms with van der Waals surface area (Å²) >= 11 is 6.19. The third-order valence-corrected chi connectivity index (χ3v) is 3.97. The molecule has 2 N–H and O–H groups in total. The number of nitrogens with two attached hydrogens (primary N) is 1. The Bertz CT molecular complexity index is 445. The minimum Gasteiger partial charge on any atom is -0.330 e. The van der Waals surface area contributed by atoms with Crippen LogP contribution in [-0.2, 0) is 6.54 Å². The largest absolute Gasteiger partial charge is 0.330 e. The predicted octanol–water partition coefficient (Wildman–Crippen LogP) is 2.38. The van der Waals surface area contributed by atoms with Gasteiger partial charge in [0.05, 0.1) is 11.6 Å². The Morgan fingerprint density at radius 1 is 1.39 bits per heavy atom. The Morgan fingerprint density at radius 3 is 2.67 bits per heavy atom. The maximum Gasteiger partial charge on any atom is 0.0992 e. The van der Waals surface area contributed by atoms with Crippen LogP contribution in [0.15, 0.2) is 18.2 Å².